The van der Waals surface area contributed by atoms with Crippen molar-refractivity contribution in [2.75, 3.05) is 0 Å². The van der Waals surface area contributed by atoms with Crippen LogP contribution in [0.15, 0.2) is 36.4 Å². The van der Waals surface area contributed by atoms with Crippen molar-refractivity contribution in [3.8, 4) is 11.3 Å². The molecule has 0 aliphatic heterocycles. The van der Waals surface area contributed by atoms with Crippen LogP contribution in [-0.2, 0) is 0 Å². The molecule has 1 aromatic heterocycles. The Morgan fingerprint density at radius 3 is 2.44 bits per heavy atom. The van der Waals surface area contributed by atoms with Crippen molar-refractivity contribution in [1.29, 1.82) is 0 Å². The van der Waals surface area contributed by atoms with E-state index < -0.39 is 17.7 Å². The second kappa shape index (κ2) is 4.98. The molecule has 0 fully saturated rings. The maximum atomic E-state index is 12.8. The molecule has 0 amide bonds. The molecule has 0 atom stereocenters. The van der Waals surface area contributed by atoms with Crippen LogP contribution >= 0.6 is 0 Å². The standard InChI is InChI=1S/C19H11NO5/c1-8-5-6-9-12(7-8)16-14(17(9)21)13(19(24)25)10-3-2-4-11(18(22)23)15(10)20-16/h2-7H,1H3,(H,22,23)(H,24,25). The second-order valence-corrected chi connectivity index (χ2v) is 5.90. The number of rotatable bonds is 2. The molecule has 0 saturated heterocycles. The molecule has 1 aliphatic carbocycles. The summed E-state index contributed by atoms with van der Waals surface area (Å²) in [6.45, 7) is 1.85. The predicted molar refractivity (Wildman–Crippen MR) is 89.3 cm³/mol. The summed E-state index contributed by atoms with van der Waals surface area (Å²) in [4.78, 5) is 40.6. The van der Waals surface area contributed by atoms with E-state index in [-0.39, 0.29) is 33.3 Å². The van der Waals surface area contributed by atoms with Crippen molar-refractivity contribution in [2.24, 2.45) is 0 Å². The third-order valence-corrected chi connectivity index (χ3v) is 4.36. The van der Waals surface area contributed by atoms with Crippen molar-refractivity contribution in [1.82, 2.24) is 4.98 Å². The third-order valence-electron chi connectivity index (χ3n) is 4.36. The predicted octanol–water partition coefficient (Wildman–Crippen LogP) is 3.15. The molecule has 0 unspecified atom stereocenters. The Balaban J connectivity index is 2.23. The molecular weight excluding hydrogens is 322 g/mol. The van der Waals surface area contributed by atoms with Gasteiger partial charge in [-0.1, -0.05) is 29.8 Å². The van der Waals surface area contributed by atoms with E-state index in [0.717, 1.165) is 5.56 Å². The molecule has 25 heavy (non-hydrogen) atoms. The van der Waals surface area contributed by atoms with Crippen LogP contribution in [-0.4, -0.2) is 32.9 Å². The average Bonchev–Trinajstić information content (AvgIpc) is 2.84. The molecule has 1 heterocycles. The summed E-state index contributed by atoms with van der Waals surface area (Å²) in [7, 11) is 0. The van der Waals surface area contributed by atoms with Crippen LogP contribution in [0.25, 0.3) is 22.2 Å². The minimum Gasteiger partial charge on any atom is -0.478 e. The Bertz CT molecular complexity index is 1130. The smallest absolute Gasteiger partial charge is 0.337 e. The van der Waals surface area contributed by atoms with Crippen LogP contribution in [0.1, 0.15) is 42.2 Å². The number of carbonyl (C=O) groups excluding carboxylic acids is 1. The summed E-state index contributed by atoms with van der Waals surface area (Å²) >= 11 is 0. The van der Waals surface area contributed by atoms with Gasteiger partial charge in [0.1, 0.15) is 0 Å². The second-order valence-electron chi connectivity index (χ2n) is 5.90. The minimum absolute atomic E-state index is 0.0168. The van der Waals surface area contributed by atoms with E-state index in [0.29, 0.717) is 11.1 Å². The zero-order valence-electron chi connectivity index (χ0n) is 13.0. The molecule has 6 nitrogen and oxygen atoms in total. The number of carboxylic acid groups (broad SMARTS) is 2. The number of aromatic carboxylic acids is 2. The van der Waals surface area contributed by atoms with Gasteiger partial charge in [-0.3, -0.25) is 4.79 Å². The summed E-state index contributed by atoms with van der Waals surface area (Å²) in [5, 5.41) is 19.2. The van der Waals surface area contributed by atoms with Crippen LogP contribution in [0.4, 0.5) is 0 Å². The summed E-state index contributed by atoms with van der Waals surface area (Å²) < 4.78 is 0. The molecule has 2 N–H and O–H groups in total. The van der Waals surface area contributed by atoms with Crippen LogP contribution in [0.2, 0.25) is 0 Å². The number of fused-ring (bicyclic) bond motifs is 4. The van der Waals surface area contributed by atoms with Crippen molar-refractivity contribution >= 4 is 28.6 Å². The van der Waals surface area contributed by atoms with E-state index >= 15 is 0 Å². The van der Waals surface area contributed by atoms with Gasteiger partial charge in [-0.25, -0.2) is 14.6 Å². The topological polar surface area (TPSA) is 105 Å². The van der Waals surface area contributed by atoms with E-state index in [1.165, 1.54) is 18.2 Å². The van der Waals surface area contributed by atoms with Gasteiger partial charge in [-0.2, -0.15) is 0 Å². The molecular formula is C19H11NO5. The van der Waals surface area contributed by atoms with Gasteiger partial charge >= 0.3 is 11.9 Å². The minimum atomic E-state index is -1.29. The number of nitrogens with zero attached hydrogens (tertiary/aromatic N) is 1. The number of pyridine rings is 1. The fourth-order valence-corrected chi connectivity index (χ4v) is 3.28. The van der Waals surface area contributed by atoms with Gasteiger partial charge in [0.25, 0.3) is 0 Å². The maximum absolute atomic E-state index is 12.8. The third kappa shape index (κ3) is 1.97. The quantitative estimate of drug-likeness (QED) is 0.584. The summed E-state index contributed by atoms with van der Waals surface area (Å²) in [6, 6.07) is 9.45. The molecule has 0 spiro atoms. The monoisotopic (exact) mass is 333 g/mol. The lowest BCUT2D eigenvalue weighted by atomic mass is 9.98. The lowest BCUT2D eigenvalue weighted by Crippen LogP contribution is -2.10. The Hall–Kier alpha value is -3.54. The Kier molecular flexibility index (Phi) is 2.99. The largest absolute Gasteiger partial charge is 0.478 e. The highest BCUT2D eigenvalue weighted by Crippen LogP contribution is 2.40. The number of carbonyl (C=O) groups is 3. The summed E-state index contributed by atoms with van der Waals surface area (Å²) in [5.74, 6) is -2.90. The molecule has 4 rings (SSSR count). The number of benzene rings is 2. The molecule has 6 heteroatoms. The van der Waals surface area contributed by atoms with Gasteiger partial charge in [0, 0.05) is 16.5 Å². The number of para-hydroxylation sites is 1. The van der Waals surface area contributed by atoms with Crippen molar-refractivity contribution in [2.45, 2.75) is 6.92 Å². The fourth-order valence-electron chi connectivity index (χ4n) is 3.28. The zero-order chi connectivity index (χ0) is 17.9. The van der Waals surface area contributed by atoms with E-state index in [4.69, 9.17) is 0 Å². The summed E-state index contributed by atoms with van der Waals surface area (Å²) in [5.41, 5.74) is 1.80. The average molecular weight is 333 g/mol. The van der Waals surface area contributed by atoms with Gasteiger partial charge in [-0.15, -0.1) is 0 Å². The van der Waals surface area contributed by atoms with E-state index in [1.54, 1.807) is 18.2 Å². The molecule has 3 aromatic rings. The fraction of sp³-hybridized carbons (Fsp3) is 0.0526. The molecule has 0 radical (unpaired) electrons. The Morgan fingerprint density at radius 1 is 1.00 bits per heavy atom. The first-order valence-electron chi connectivity index (χ1n) is 7.49. The van der Waals surface area contributed by atoms with Gasteiger partial charge in [0.15, 0.2) is 5.78 Å². The number of carboxylic acids is 2. The molecule has 0 bridgehead atoms. The lowest BCUT2D eigenvalue weighted by Gasteiger charge is -2.10. The van der Waals surface area contributed by atoms with Gasteiger partial charge in [-0.05, 0) is 19.1 Å². The Morgan fingerprint density at radius 2 is 1.76 bits per heavy atom. The van der Waals surface area contributed by atoms with Crippen LogP contribution in [0.5, 0.6) is 0 Å². The van der Waals surface area contributed by atoms with E-state index in [2.05, 4.69) is 4.98 Å². The summed E-state index contributed by atoms with van der Waals surface area (Å²) in [6.07, 6.45) is 0. The number of hydrogen-bond acceptors (Lipinski definition) is 4. The normalized spacial score (nSPS) is 12.1. The van der Waals surface area contributed by atoms with Gasteiger partial charge in [0.2, 0.25) is 0 Å². The van der Waals surface area contributed by atoms with E-state index in [1.807, 2.05) is 6.92 Å². The number of aryl methyl sites for hydroxylation is 1. The van der Waals surface area contributed by atoms with Gasteiger partial charge < -0.3 is 10.2 Å². The molecule has 1 aliphatic rings. The highest BCUT2D eigenvalue weighted by Gasteiger charge is 2.35. The molecule has 122 valence electrons. The van der Waals surface area contributed by atoms with Crippen LogP contribution < -0.4 is 0 Å². The van der Waals surface area contributed by atoms with E-state index in [9.17, 15) is 24.6 Å². The van der Waals surface area contributed by atoms with Crippen LogP contribution in [0, 0.1) is 6.92 Å². The van der Waals surface area contributed by atoms with Crippen molar-refractivity contribution in [3.05, 3.63) is 64.2 Å². The Labute approximate surface area is 141 Å². The van der Waals surface area contributed by atoms with Crippen molar-refractivity contribution in [3.63, 3.8) is 0 Å². The maximum Gasteiger partial charge on any atom is 0.337 e. The first-order valence-corrected chi connectivity index (χ1v) is 7.49. The highest BCUT2D eigenvalue weighted by atomic mass is 16.4. The number of hydrogen-bond donors (Lipinski definition) is 2. The SMILES string of the molecule is Cc1ccc2c(c1)-c1nc3c(C(=O)O)cccc3c(C(=O)O)c1C2=O. The first-order chi connectivity index (χ1) is 11.9. The number of ketones is 1. The zero-order valence-corrected chi connectivity index (χ0v) is 13.0. The lowest BCUT2D eigenvalue weighted by molar-refractivity contribution is 0.0685. The molecule has 2 aromatic carbocycles. The number of aromatic nitrogens is 1. The van der Waals surface area contributed by atoms with Gasteiger partial charge in [0.05, 0.1) is 27.9 Å². The van der Waals surface area contributed by atoms with Crippen molar-refractivity contribution < 1.29 is 24.6 Å². The van der Waals surface area contributed by atoms with Crippen LogP contribution in [0.3, 0.4) is 0 Å². The highest BCUT2D eigenvalue weighted by molar-refractivity contribution is 6.28. The molecule has 0 saturated carbocycles. The first kappa shape index (κ1) is 15.0.